The van der Waals surface area contributed by atoms with Crippen molar-refractivity contribution in [2.24, 2.45) is 0 Å². The minimum atomic E-state index is -2.77. The van der Waals surface area contributed by atoms with Gasteiger partial charge < -0.3 is 10.0 Å². The molecule has 0 atom stereocenters. The minimum Gasteiger partial charge on any atom is -0.506 e. The van der Waals surface area contributed by atoms with Crippen molar-refractivity contribution < 1.29 is 26.2 Å². The fraction of sp³-hybridized carbons (Fsp3) is 0.0638. The van der Waals surface area contributed by atoms with Crippen molar-refractivity contribution >= 4 is 56.9 Å². The first kappa shape index (κ1) is 33.2. The maximum absolute atomic E-state index is 11.2. The molecule has 0 radical (unpaired) electrons. The summed E-state index contributed by atoms with van der Waals surface area (Å²) in [6.45, 7) is 6.44. The van der Waals surface area contributed by atoms with Gasteiger partial charge in [-0.1, -0.05) is 108 Å². The Labute approximate surface area is 324 Å². The normalized spacial score (nSPS) is 13.2. The quantitative estimate of drug-likeness (QED) is 0.143. The van der Waals surface area contributed by atoms with Gasteiger partial charge in [0.05, 0.1) is 0 Å². The van der Waals surface area contributed by atoms with Gasteiger partial charge in [0.1, 0.15) is 25.2 Å². The average molecular weight is 880 g/mol. The number of phenols is 1. The molecule has 10 rings (SSSR count). The second-order valence-corrected chi connectivity index (χ2v) is 17.7. The summed E-state index contributed by atoms with van der Waals surface area (Å²) in [5.41, 5.74) is 12.8. The number of hydrogen-bond donors (Lipinski definition) is 1. The zero-order valence-corrected chi connectivity index (χ0v) is 32.7. The van der Waals surface area contributed by atoms with Crippen molar-refractivity contribution in [1.82, 2.24) is 9.97 Å². The van der Waals surface area contributed by atoms with Crippen molar-refractivity contribution in [3.8, 4) is 39.3 Å². The molecular weight excluding hydrogens is 846 g/mol. The maximum atomic E-state index is 11.2. The van der Waals surface area contributed by atoms with E-state index in [1.54, 1.807) is 6.07 Å². The molecule has 2 aromatic heterocycles. The van der Waals surface area contributed by atoms with Crippen molar-refractivity contribution in [3.63, 3.8) is 0 Å². The van der Waals surface area contributed by atoms with Crippen LogP contribution in [0.4, 0.5) is 17.2 Å². The van der Waals surface area contributed by atoms with Crippen LogP contribution >= 0.6 is 0 Å². The molecule has 2 aliphatic heterocycles. The van der Waals surface area contributed by atoms with Crippen LogP contribution in [0.15, 0.2) is 146 Å². The predicted octanol–water partition coefficient (Wildman–Crippen LogP) is 8.53. The van der Waals surface area contributed by atoms with E-state index >= 15 is 0 Å². The summed E-state index contributed by atoms with van der Waals surface area (Å²) < 4.78 is 0. The fourth-order valence-electron chi connectivity index (χ4n) is 9.08. The standard InChI is InChI=1S/C47H34N3OSi.Pt/c1-29-26-30(2)46(31(3)27-29)35-21-23-40(51)47-36(35)20-22-37(49-47)32-19-24-44-39(28-32)50(45-18-10-11-25-48-45)38-14-6-9-17-43(38)52(44)41-15-7-4-12-33(41)34-13-5-8-16-42(34)52;/h4-27,51H,1-3H3;/q-1;. The van der Waals surface area contributed by atoms with Gasteiger partial charge in [-0.05, 0) is 111 Å². The van der Waals surface area contributed by atoms with Crippen LogP contribution in [0.2, 0.25) is 0 Å². The van der Waals surface area contributed by atoms with Gasteiger partial charge in [0.2, 0.25) is 0 Å². The smallest absolute Gasteiger partial charge is 0.141 e. The van der Waals surface area contributed by atoms with E-state index in [0.29, 0.717) is 5.52 Å². The molecule has 0 saturated carbocycles. The predicted molar refractivity (Wildman–Crippen MR) is 216 cm³/mol. The van der Waals surface area contributed by atoms with Crippen LogP contribution in [0.5, 0.6) is 5.75 Å². The molecule has 2 aliphatic rings. The first-order chi connectivity index (χ1) is 25.4. The molecule has 4 heterocycles. The Bertz CT molecular complexity index is 2700. The Morgan fingerprint density at radius 1 is 0.623 bits per heavy atom. The molecule has 6 heteroatoms. The van der Waals surface area contributed by atoms with Crippen LogP contribution in [-0.4, -0.2) is 23.1 Å². The zero-order chi connectivity index (χ0) is 35.1. The van der Waals surface area contributed by atoms with Gasteiger partial charge in [-0.2, -0.15) is 0 Å². The van der Waals surface area contributed by atoms with Crippen LogP contribution in [0.3, 0.4) is 0 Å². The molecule has 4 nitrogen and oxygen atoms in total. The van der Waals surface area contributed by atoms with Crippen LogP contribution in [0.1, 0.15) is 16.7 Å². The summed E-state index contributed by atoms with van der Waals surface area (Å²) in [4.78, 5) is 12.3. The molecule has 53 heavy (non-hydrogen) atoms. The number of hydrogen-bond acceptors (Lipinski definition) is 4. The summed E-state index contributed by atoms with van der Waals surface area (Å²) in [5.74, 6) is 1.00. The van der Waals surface area contributed by atoms with Crippen molar-refractivity contribution in [2.45, 2.75) is 20.8 Å². The van der Waals surface area contributed by atoms with E-state index in [-0.39, 0.29) is 26.8 Å². The van der Waals surface area contributed by atoms with E-state index in [1.165, 1.54) is 54.1 Å². The van der Waals surface area contributed by atoms with Crippen LogP contribution < -0.4 is 25.6 Å². The van der Waals surface area contributed by atoms with Gasteiger partial charge in [0.15, 0.2) is 0 Å². The first-order valence-electron chi connectivity index (χ1n) is 17.7. The Hall–Kier alpha value is -5.61. The van der Waals surface area contributed by atoms with Gasteiger partial charge in [0.25, 0.3) is 0 Å². The van der Waals surface area contributed by atoms with E-state index in [0.717, 1.165) is 39.4 Å². The van der Waals surface area contributed by atoms with E-state index in [1.807, 2.05) is 24.4 Å². The van der Waals surface area contributed by atoms with E-state index < -0.39 is 8.07 Å². The van der Waals surface area contributed by atoms with E-state index in [9.17, 15) is 5.11 Å². The number of anilines is 3. The number of pyridine rings is 2. The van der Waals surface area contributed by atoms with Crippen LogP contribution in [-0.2, 0) is 21.1 Å². The number of nitrogens with zero attached hydrogens (tertiary/aromatic N) is 3. The van der Waals surface area contributed by atoms with Gasteiger partial charge in [-0.3, -0.25) is 4.98 Å². The number of rotatable bonds is 3. The average Bonchev–Trinajstić information content (AvgIpc) is 3.46. The second-order valence-electron chi connectivity index (χ2n) is 14.0. The van der Waals surface area contributed by atoms with Crippen LogP contribution in [0.25, 0.3) is 44.4 Å². The van der Waals surface area contributed by atoms with Gasteiger partial charge in [-0.15, -0.1) is 23.8 Å². The number of aromatic hydroxyl groups is 1. The second kappa shape index (κ2) is 12.5. The summed E-state index contributed by atoms with van der Waals surface area (Å²) in [7, 11) is -2.77. The molecule has 0 saturated heterocycles. The molecule has 1 spiro atoms. The molecular formula is C47H34N3OPtSi-. The third-order valence-electron chi connectivity index (χ3n) is 11.0. The van der Waals surface area contributed by atoms with Gasteiger partial charge >= 0.3 is 0 Å². The topological polar surface area (TPSA) is 49.3 Å². The van der Waals surface area contributed by atoms with Gasteiger partial charge in [0, 0.05) is 38.3 Å². The third kappa shape index (κ3) is 4.77. The fourth-order valence-corrected chi connectivity index (χ4v) is 14.5. The Morgan fingerprint density at radius 2 is 1.28 bits per heavy atom. The van der Waals surface area contributed by atoms with E-state index in [4.69, 9.17) is 9.97 Å². The number of aryl methyl sites for hydroxylation is 3. The van der Waals surface area contributed by atoms with Crippen molar-refractivity contribution in [3.05, 3.63) is 168 Å². The number of phenolic OH excluding ortho intramolecular Hbond substituents is 1. The van der Waals surface area contributed by atoms with Crippen molar-refractivity contribution in [1.29, 1.82) is 0 Å². The molecule has 1 N–H and O–H groups in total. The molecule has 8 aromatic rings. The molecule has 6 aromatic carbocycles. The van der Waals surface area contributed by atoms with Crippen molar-refractivity contribution in [2.75, 3.05) is 4.90 Å². The zero-order valence-electron chi connectivity index (χ0n) is 29.5. The molecule has 0 bridgehead atoms. The number of fused-ring (bicyclic) bond motifs is 10. The molecule has 0 unspecified atom stereocenters. The Balaban J connectivity index is 0.00000372. The molecule has 0 fully saturated rings. The molecule has 0 amide bonds. The third-order valence-corrected chi connectivity index (χ3v) is 15.9. The largest absolute Gasteiger partial charge is 0.506 e. The number of aromatic nitrogens is 2. The summed E-state index contributed by atoms with van der Waals surface area (Å²) >= 11 is 0. The Morgan fingerprint density at radius 3 is 1.98 bits per heavy atom. The first-order valence-corrected chi connectivity index (χ1v) is 19.7. The molecule has 258 valence electrons. The minimum absolute atomic E-state index is 0. The van der Waals surface area contributed by atoms with Crippen LogP contribution in [0, 0.1) is 26.8 Å². The SMILES string of the molecule is Cc1cc(C)c(-c2ccc(O)c3nc(-c4[c-]c5c(cc4)[Si]4(c6ccccc6-c6ccccc64)c4ccccc4N5c4ccccn4)ccc23)c(C)c1.[Pt]. The monoisotopic (exact) mass is 879 g/mol. The number of para-hydroxylation sites is 1. The van der Waals surface area contributed by atoms with E-state index in [2.05, 4.69) is 147 Å². The summed E-state index contributed by atoms with van der Waals surface area (Å²) in [6.07, 6.45) is 1.85. The summed E-state index contributed by atoms with van der Waals surface area (Å²) in [5, 5.41) is 17.6. The van der Waals surface area contributed by atoms with Gasteiger partial charge in [-0.25, -0.2) is 4.98 Å². The Kier molecular flexibility index (Phi) is 7.85. The summed E-state index contributed by atoms with van der Waals surface area (Å²) in [6, 6.07) is 53.6. The molecule has 0 aliphatic carbocycles. The number of benzene rings is 6. The maximum Gasteiger partial charge on any atom is 0.141 e.